The van der Waals surface area contributed by atoms with Gasteiger partial charge in [0.15, 0.2) is 0 Å². The van der Waals surface area contributed by atoms with Crippen molar-refractivity contribution in [3.8, 4) is 0 Å². The van der Waals surface area contributed by atoms with E-state index in [-0.39, 0.29) is 22.8 Å². The molecule has 1 amide bonds. The fourth-order valence-corrected chi connectivity index (χ4v) is 3.19. The molecule has 6 nitrogen and oxygen atoms in total. The number of alkyl carbamates (subject to hydrolysis) is 1. The molecule has 1 aliphatic carbocycles. The van der Waals surface area contributed by atoms with Gasteiger partial charge in [0.05, 0.1) is 0 Å². The third kappa shape index (κ3) is 5.47. The first-order chi connectivity index (χ1) is 11.6. The van der Waals surface area contributed by atoms with E-state index in [4.69, 9.17) is 4.74 Å². The van der Waals surface area contributed by atoms with Crippen molar-refractivity contribution in [2.24, 2.45) is 0 Å². The summed E-state index contributed by atoms with van der Waals surface area (Å²) >= 11 is 0. The van der Waals surface area contributed by atoms with Gasteiger partial charge < -0.3 is 20.4 Å². The molecule has 3 N–H and O–H groups in total. The van der Waals surface area contributed by atoms with Gasteiger partial charge in [-0.1, -0.05) is 6.92 Å². The van der Waals surface area contributed by atoms with Crippen molar-refractivity contribution in [1.29, 1.82) is 0 Å². The van der Waals surface area contributed by atoms with E-state index in [0.29, 0.717) is 0 Å². The molecule has 1 heterocycles. The number of hydrogen-bond acceptors (Lipinski definition) is 4. The fourth-order valence-electron chi connectivity index (χ4n) is 3.19. The summed E-state index contributed by atoms with van der Waals surface area (Å²) in [5.74, 6) is -0.479. The molecule has 0 aromatic carbocycles. The highest BCUT2D eigenvalue weighted by molar-refractivity contribution is 5.68. The predicted molar refractivity (Wildman–Crippen MR) is 95.3 cm³/mol. The minimum atomic E-state index is -0.532. The van der Waals surface area contributed by atoms with Gasteiger partial charge in [-0.25, -0.2) is 9.18 Å². The van der Waals surface area contributed by atoms with E-state index in [1.807, 2.05) is 27.7 Å². The van der Waals surface area contributed by atoms with Crippen LogP contribution in [-0.2, 0) is 4.74 Å². The van der Waals surface area contributed by atoms with E-state index in [1.54, 1.807) is 0 Å². The smallest absolute Gasteiger partial charge is 0.408 e. The SMILES string of the molecule is CCC1(NC(=O)OC(C)(C)C)CCC(Nc2cc(F)c[nH]c2=O)CC1. The molecule has 1 fully saturated rings. The predicted octanol–water partition coefficient (Wildman–Crippen LogP) is 3.54. The van der Waals surface area contributed by atoms with Gasteiger partial charge in [0.1, 0.15) is 17.1 Å². The molecule has 0 spiro atoms. The van der Waals surface area contributed by atoms with E-state index >= 15 is 0 Å². The van der Waals surface area contributed by atoms with Gasteiger partial charge in [-0.2, -0.15) is 0 Å². The molecule has 0 radical (unpaired) electrons. The zero-order chi connectivity index (χ0) is 18.7. The Kier molecular flexibility index (Phi) is 5.75. The first kappa shape index (κ1) is 19.3. The van der Waals surface area contributed by atoms with E-state index in [0.717, 1.165) is 38.3 Å². The van der Waals surface area contributed by atoms with Crippen molar-refractivity contribution in [1.82, 2.24) is 10.3 Å². The molecule has 1 saturated carbocycles. The molecule has 1 aromatic rings. The molecule has 0 saturated heterocycles. The zero-order valence-electron chi connectivity index (χ0n) is 15.4. The maximum atomic E-state index is 13.3. The monoisotopic (exact) mass is 353 g/mol. The molecule has 0 bridgehead atoms. The first-order valence-electron chi connectivity index (χ1n) is 8.78. The maximum absolute atomic E-state index is 13.3. The van der Waals surface area contributed by atoms with Crippen molar-refractivity contribution < 1.29 is 13.9 Å². The molecule has 0 unspecified atom stereocenters. The minimum Gasteiger partial charge on any atom is -0.444 e. The highest BCUT2D eigenvalue weighted by Gasteiger charge is 2.36. The highest BCUT2D eigenvalue weighted by atomic mass is 19.1. The second-order valence-electron chi connectivity index (χ2n) is 7.74. The van der Waals surface area contributed by atoms with Crippen LogP contribution in [0.1, 0.15) is 59.8 Å². The number of anilines is 1. The Labute approximate surface area is 147 Å². The molecule has 7 heteroatoms. The summed E-state index contributed by atoms with van der Waals surface area (Å²) in [5, 5.41) is 6.14. The van der Waals surface area contributed by atoms with Gasteiger partial charge in [0, 0.05) is 23.8 Å². The summed E-state index contributed by atoms with van der Waals surface area (Å²) in [6, 6.07) is 1.28. The van der Waals surface area contributed by atoms with Crippen LogP contribution >= 0.6 is 0 Å². The number of H-pyrrole nitrogens is 1. The summed E-state index contributed by atoms with van der Waals surface area (Å²) in [5.41, 5.74) is -0.917. The van der Waals surface area contributed by atoms with Gasteiger partial charge in [0.2, 0.25) is 0 Å². The summed E-state index contributed by atoms with van der Waals surface area (Å²) in [7, 11) is 0. The van der Waals surface area contributed by atoms with Crippen LogP contribution in [0.3, 0.4) is 0 Å². The molecule has 140 valence electrons. The van der Waals surface area contributed by atoms with Crippen LogP contribution in [0.15, 0.2) is 17.1 Å². The average molecular weight is 353 g/mol. The largest absolute Gasteiger partial charge is 0.444 e. The Morgan fingerprint density at radius 2 is 2.04 bits per heavy atom. The van der Waals surface area contributed by atoms with Crippen LogP contribution < -0.4 is 16.2 Å². The third-order valence-corrected chi connectivity index (χ3v) is 4.61. The Morgan fingerprint density at radius 3 is 2.60 bits per heavy atom. The Bertz CT molecular complexity index is 658. The van der Waals surface area contributed by atoms with Crippen LogP contribution in [0.2, 0.25) is 0 Å². The molecule has 0 atom stereocenters. The van der Waals surface area contributed by atoms with Crippen LogP contribution in [0.4, 0.5) is 14.9 Å². The molecule has 25 heavy (non-hydrogen) atoms. The average Bonchev–Trinajstić information content (AvgIpc) is 2.51. The molecule has 1 aromatic heterocycles. The van der Waals surface area contributed by atoms with Crippen molar-refractivity contribution in [3.05, 3.63) is 28.4 Å². The maximum Gasteiger partial charge on any atom is 0.408 e. The molecular weight excluding hydrogens is 325 g/mol. The third-order valence-electron chi connectivity index (χ3n) is 4.61. The van der Waals surface area contributed by atoms with Crippen molar-refractivity contribution in [2.45, 2.75) is 77.0 Å². The number of nitrogens with one attached hydrogen (secondary N) is 3. The Hall–Kier alpha value is -2.05. The summed E-state index contributed by atoms with van der Waals surface area (Å²) < 4.78 is 18.7. The quantitative estimate of drug-likeness (QED) is 0.773. The minimum absolute atomic E-state index is 0.0722. The van der Waals surface area contributed by atoms with Gasteiger partial charge in [-0.05, 0) is 52.9 Å². The fraction of sp³-hybridized carbons (Fsp3) is 0.667. The van der Waals surface area contributed by atoms with E-state index in [1.165, 1.54) is 6.07 Å². The highest BCUT2D eigenvalue weighted by Crippen LogP contribution is 2.32. The van der Waals surface area contributed by atoms with Crippen LogP contribution in [0.5, 0.6) is 0 Å². The van der Waals surface area contributed by atoms with Gasteiger partial charge in [0.25, 0.3) is 5.56 Å². The lowest BCUT2D eigenvalue weighted by atomic mass is 9.77. The lowest BCUT2D eigenvalue weighted by Crippen LogP contribution is -2.52. The van der Waals surface area contributed by atoms with E-state index in [2.05, 4.69) is 15.6 Å². The summed E-state index contributed by atoms with van der Waals surface area (Å²) in [6.45, 7) is 7.55. The summed E-state index contributed by atoms with van der Waals surface area (Å²) in [4.78, 5) is 26.2. The van der Waals surface area contributed by atoms with Gasteiger partial charge in [-0.15, -0.1) is 0 Å². The lowest BCUT2D eigenvalue weighted by Gasteiger charge is -2.40. The number of pyridine rings is 1. The summed E-state index contributed by atoms with van der Waals surface area (Å²) in [6.07, 6.45) is 4.55. The van der Waals surface area contributed by atoms with Crippen LogP contribution in [0, 0.1) is 5.82 Å². The first-order valence-corrected chi connectivity index (χ1v) is 8.78. The Balaban J connectivity index is 1.95. The van der Waals surface area contributed by atoms with Gasteiger partial charge in [-0.3, -0.25) is 4.79 Å². The number of hydrogen-bond donors (Lipinski definition) is 3. The van der Waals surface area contributed by atoms with E-state index in [9.17, 15) is 14.0 Å². The number of amides is 1. The molecule has 0 aliphatic heterocycles. The topological polar surface area (TPSA) is 83.2 Å². The number of aromatic nitrogens is 1. The number of rotatable bonds is 4. The van der Waals surface area contributed by atoms with Crippen molar-refractivity contribution in [3.63, 3.8) is 0 Å². The molecule has 1 aliphatic rings. The normalized spacial score (nSPS) is 23.8. The molecule has 2 rings (SSSR count). The standard InChI is InChI=1S/C18H28FN3O3/c1-5-18(22-16(24)25-17(2,3)4)8-6-13(7-9-18)21-14-10-12(19)11-20-15(14)23/h10-11,13,21H,5-9H2,1-4H3,(H,20,23)(H,22,24). The Morgan fingerprint density at radius 1 is 1.40 bits per heavy atom. The molecular formula is C18H28FN3O3. The second-order valence-corrected chi connectivity index (χ2v) is 7.74. The number of halogens is 1. The number of aromatic amines is 1. The van der Waals surface area contributed by atoms with Crippen molar-refractivity contribution >= 4 is 11.8 Å². The van der Waals surface area contributed by atoms with Crippen LogP contribution in [0.25, 0.3) is 0 Å². The van der Waals surface area contributed by atoms with Gasteiger partial charge >= 0.3 is 6.09 Å². The van der Waals surface area contributed by atoms with E-state index < -0.39 is 17.5 Å². The number of carbonyl (C=O) groups excluding carboxylic acids is 1. The zero-order valence-corrected chi connectivity index (χ0v) is 15.4. The number of ether oxygens (including phenoxy) is 1. The van der Waals surface area contributed by atoms with Crippen molar-refractivity contribution in [2.75, 3.05) is 5.32 Å². The number of carbonyl (C=O) groups is 1. The lowest BCUT2D eigenvalue weighted by molar-refractivity contribution is 0.0417. The second kappa shape index (κ2) is 7.45. The van der Waals surface area contributed by atoms with Crippen LogP contribution in [-0.4, -0.2) is 28.3 Å².